The Kier molecular flexibility index (Phi) is 8.54. The normalized spacial score (nSPS) is 15.8. The van der Waals surface area contributed by atoms with Gasteiger partial charge in [-0.1, -0.05) is 25.6 Å². The third-order valence-corrected chi connectivity index (χ3v) is 8.44. The molecule has 0 atom stereocenters. The maximum absolute atomic E-state index is 12.8. The summed E-state index contributed by atoms with van der Waals surface area (Å²) in [5.74, 6) is 5.88. The average Bonchev–Trinajstić information content (AvgIpc) is 3.45. The van der Waals surface area contributed by atoms with Gasteiger partial charge in [-0.15, -0.1) is 0 Å². The first-order valence-corrected chi connectivity index (χ1v) is 16.9. The van der Waals surface area contributed by atoms with E-state index in [2.05, 4.69) is 57.2 Å². The van der Waals surface area contributed by atoms with Gasteiger partial charge in [-0.05, 0) is 44.7 Å². The number of hydrogen-bond donors (Lipinski definition) is 1. The lowest BCUT2D eigenvalue weighted by molar-refractivity contribution is 0.0786. The molecule has 3 aromatic rings. The van der Waals surface area contributed by atoms with Crippen molar-refractivity contribution in [3.05, 3.63) is 36.5 Å². The van der Waals surface area contributed by atoms with Gasteiger partial charge in [0.2, 0.25) is 0 Å². The Bertz CT molecular complexity index is 1250. The first-order chi connectivity index (χ1) is 17.5. The van der Waals surface area contributed by atoms with Crippen LogP contribution < -0.4 is 0 Å². The number of hydrogen-bond acceptors (Lipinski definition) is 5. The monoisotopic (exact) mass is 525 g/mol. The van der Waals surface area contributed by atoms with E-state index in [-0.39, 0.29) is 6.67 Å². The molecule has 0 aliphatic carbocycles. The first kappa shape index (κ1) is 27.5. The number of halogens is 1. The van der Waals surface area contributed by atoms with Crippen LogP contribution in [-0.2, 0) is 11.5 Å². The largest absolute Gasteiger partial charge is 0.378 e. The molecule has 4 rings (SSSR count). The van der Waals surface area contributed by atoms with Crippen LogP contribution in [0.5, 0.6) is 0 Å². The van der Waals surface area contributed by atoms with Gasteiger partial charge in [0.25, 0.3) is 0 Å². The number of nitrogens with zero attached hydrogens (tertiary/aromatic N) is 5. The van der Waals surface area contributed by atoms with Crippen molar-refractivity contribution in [2.75, 3.05) is 32.9 Å². The molecule has 0 aromatic carbocycles. The summed E-state index contributed by atoms with van der Waals surface area (Å²) >= 11 is 0. The Morgan fingerprint density at radius 2 is 1.95 bits per heavy atom. The van der Waals surface area contributed by atoms with E-state index in [9.17, 15) is 9.50 Å². The molecule has 0 saturated carbocycles. The Hall–Kier alpha value is -2.51. The number of rotatable bonds is 9. The SMILES string of the molecule is CC(C)(O)C#Cc1cc2c(-c3cnn(COCC[Si](C)(C)C)c3)cn(C3CCN(CCF)CC3)c2cn1. The highest BCUT2D eigenvalue weighted by molar-refractivity contribution is 6.76. The predicted molar refractivity (Wildman–Crippen MR) is 149 cm³/mol. The lowest BCUT2D eigenvalue weighted by Gasteiger charge is -2.32. The molecule has 200 valence electrons. The molecule has 37 heavy (non-hydrogen) atoms. The number of ether oxygens (including phenoxy) is 1. The molecule has 0 unspecified atom stereocenters. The van der Waals surface area contributed by atoms with Crippen LogP contribution in [-0.4, -0.2) is 75.9 Å². The highest BCUT2D eigenvalue weighted by Crippen LogP contribution is 2.35. The van der Waals surface area contributed by atoms with E-state index in [4.69, 9.17) is 4.74 Å². The fourth-order valence-electron chi connectivity index (χ4n) is 4.62. The van der Waals surface area contributed by atoms with Crippen LogP contribution in [0.2, 0.25) is 25.7 Å². The van der Waals surface area contributed by atoms with Crippen molar-refractivity contribution >= 4 is 19.0 Å². The molecular formula is C28H40FN5O2Si. The molecule has 0 spiro atoms. The summed E-state index contributed by atoms with van der Waals surface area (Å²) in [4.78, 5) is 6.78. The number of pyridine rings is 1. The summed E-state index contributed by atoms with van der Waals surface area (Å²) in [6.45, 7) is 13.5. The van der Waals surface area contributed by atoms with Crippen LogP contribution in [0.3, 0.4) is 0 Å². The average molecular weight is 526 g/mol. The molecule has 1 aliphatic rings. The van der Waals surface area contributed by atoms with E-state index >= 15 is 0 Å². The van der Waals surface area contributed by atoms with Gasteiger partial charge in [-0.25, -0.2) is 14.1 Å². The standard InChI is InChI=1S/C28H40FN5O2Si/c1-28(2,35)9-6-23-16-25-26(22-17-31-33(19-22)21-36-14-15-37(3,4)5)20-34(27(25)18-30-23)24-7-11-32(12-8-24)13-10-29/h16-20,24,35H,7-8,10-15,21H2,1-5H3. The molecule has 4 heterocycles. The second kappa shape index (κ2) is 11.5. The Morgan fingerprint density at radius 3 is 2.62 bits per heavy atom. The van der Waals surface area contributed by atoms with Crippen LogP contribution in [0.25, 0.3) is 22.0 Å². The molecule has 9 heteroatoms. The van der Waals surface area contributed by atoms with Gasteiger partial charge in [0, 0.05) is 69.3 Å². The van der Waals surface area contributed by atoms with Gasteiger partial charge in [0.05, 0.1) is 17.9 Å². The Morgan fingerprint density at radius 1 is 1.19 bits per heavy atom. The van der Waals surface area contributed by atoms with Gasteiger partial charge >= 0.3 is 0 Å². The maximum atomic E-state index is 12.8. The van der Waals surface area contributed by atoms with Crippen molar-refractivity contribution in [3.63, 3.8) is 0 Å². The van der Waals surface area contributed by atoms with E-state index in [1.807, 2.05) is 29.3 Å². The van der Waals surface area contributed by atoms with Crippen LogP contribution >= 0.6 is 0 Å². The number of aliphatic hydroxyl groups is 1. The third-order valence-electron chi connectivity index (χ3n) is 6.73. The van der Waals surface area contributed by atoms with Crippen molar-refractivity contribution in [3.8, 4) is 23.0 Å². The molecule has 0 radical (unpaired) electrons. The number of likely N-dealkylation sites (tertiary alicyclic amines) is 1. The van der Waals surface area contributed by atoms with Crippen molar-refractivity contribution in [2.24, 2.45) is 0 Å². The van der Waals surface area contributed by atoms with Crippen LogP contribution in [0.1, 0.15) is 38.4 Å². The highest BCUT2D eigenvalue weighted by Gasteiger charge is 2.23. The van der Waals surface area contributed by atoms with Crippen LogP contribution in [0.4, 0.5) is 4.39 Å². The van der Waals surface area contributed by atoms with E-state index in [1.54, 1.807) is 13.8 Å². The zero-order valence-corrected chi connectivity index (χ0v) is 23.8. The van der Waals surface area contributed by atoms with Crippen molar-refractivity contribution in [1.29, 1.82) is 0 Å². The third kappa shape index (κ3) is 7.51. The van der Waals surface area contributed by atoms with Crippen molar-refractivity contribution in [2.45, 2.75) is 70.7 Å². The smallest absolute Gasteiger partial charge is 0.139 e. The molecular weight excluding hydrogens is 485 g/mol. The van der Waals surface area contributed by atoms with Crippen LogP contribution in [0.15, 0.2) is 30.9 Å². The lowest BCUT2D eigenvalue weighted by atomic mass is 10.0. The molecule has 1 fully saturated rings. The van der Waals surface area contributed by atoms with Gasteiger partial charge in [0.1, 0.15) is 24.7 Å². The molecule has 0 bridgehead atoms. The second-order valence-corrected chi connectivity index (χ2v) is 17.3. The number of alkyl halides is 1. The fourth-order valence-corrected chi connectivity index (χ4v) is 5.37. The number of fused-ring (bicyclic) bond motifs is 1. The minimum Gasteiger partial charge on any atom is -0.378 e. The molecule has 1 saturated heterocycles. The van der Waals surface area contributed by atoms with Crippen molar-refractivity contribution in [1.82, 2.24) is 24.2 Å². The molecule has 1 N–H and O–H groups in total. The maximum Gasteiger partial charge on any atom is 0.139 e. The summed E-state index contributed by atoms with van der Waals surface area (Å²) in [6, 6.07) is 3.45. The van der Waals surface area contributed by atoms with E-state index in [1.165, 1.54) is 0 Å². The molecule has 1 aliphatic heterocycles. The van der Waals surface area contributed by atoms with Gasteiger partial charge in [0.15, 0.2) is 0 Å². The number of aromatic nitrogens is 4. The summed E-state index contributed by atoms with van der Waals surface area (Å²) in [5.41, 5.74) is 2.67. The van der Waals surface area contributed by atoms with E-state index < -0.39 is 13.7 Å². The first-order valence-electron chi connectivity index (χ1n) is 13.2. The summed E-state index contributed by atoms with van der Waals surface area (Å²) < 4.78 is 22.9. The highest BCUT2D eigenvalue weighted by atomic mass is 28.3. The fraction of sp³-hybridized carbons (Fsp3) is 0.571. The van der Waals surface area contributed by atoms with Gasteiger partial charge < -0.3 is 19.3 Å². The van der Waals surface area contributed by atoms with E-state index in [0.717, 1.165) is 60.6 Å². The Balaban J connectivity index is 1.63. The minimum absolute atomic E-state index is 0.300. The van der Waals surface area contributed by atoms with Gasteiger partial charge in [-0.3, -0.25) is 0 Å². The predicted octanol–water partition coefficient (Wildman–Crippen LogP) is 4.94. The molecule has 3 aromatic heterocycles. The summed E-state index contributed by atoms with van der Waals surface area (Å²) in [6.07, 6.45) is 9.92. The zero-order valence-electron chi connectivity index (χ0n) is 22.8. The van der Waals surface area contributed by atoms with Crippen molar-refractivity contribution < 1.29 is 14.2 Å². The summed E-state index contributed by atoms with van der Waals surface area (Å²) in [7, 11) is -1.13. The summed E-state index contributed by atoms with van der Waals surface area (Å²) in [5, 5.41) is 15.6. The topological polar surface area (TPSA) is 68.3 Å². The van der Waals surface area contributed by atoms with E-state index in [0.29, 0.717) is 25.0 Å². The zero-order chi connectivity index (χ0) is 26.6. The Labute approximate surface area is 220 Å². The van der Waals surface area contributed by atoms with Gasteiger partial charge in [-0.2, -0.15) is 5.10 Å². The second-order valence-electron chi connectivity index (χ2n) is 11.7. The molecule has 7 nitrogen and oxygen atoms in total. The van der Waals surface area contributed by atoms with Crippen LogP contribution in [0, 0.1) is 11.8 Å². The number of piperidine rings is 1. The quantitative estimate of drug-likeness (QED) is 0.243. The molecule has 0 amide bonds. The lowest BCUT2D eigenvalue weighted by Crippen LogP contribution is -2.35. The minimum atomic E-state index is -1.13.